The first-order valence-electron chi connectivity index (χ1n) is 19.1. The van der Waals surface area contributed by atoms with Crippen molar-refractivity contribution in [3.05, 3.63) is 229 Å². The summed E-state index contributed by atoms with van der Waals surface area (Å²) >= 11 is 0. The quantitative estimate of drug-likeness (QED) is 0.178. The molecule has 11 rings (SSSR count). The van der Waals surface area contributed by atoms with Crippen molar-refractivity contribution in [2.45, 2.75) is 5.41 Å². The highest BCUT2D eigenvalue weighted by molar-refractivity contribution is 5.91. The SMILES string of the molecule is c1ccc(-c2cc(-c3ccccc3-c3ccccc3)nc(-c3cccc(-c4cccc5c4Oc4ccccc4C54c5ccccc5-c5ccccc54)c3)n2)cc1. The topological polar surface area (TPSA) is 35.0 Å². The second-order valence-electron chi connectivity index (χ2n) is 14.4. The predicted molar refractivity (Wildman–Crippen MR) is 227 cm³/mol. The molecule has 1 aliphatic carbocycles. The van der Waals surface area contributed by atoms with Crippen molar-refractivity contribution in [3.8, 4) is 78.8 Å². The number of fused-ring (bicyclic) bond motifs is 9. The zero-order valence-corrected chi connectivity index (χ0v) is 30.4. The van der Waals surface area contributed by atoms with Gasteiger partial charge in [-0.3, -0.25) is 0 Å². The van der Waals surface area contributed by atoms with Gasteiger partial charge in [0.05, 0.1) is 16.8 Å². The molecule has 262 valence electrons. The summed E-state index contributed by atoms with van der Waals surface area (Å²) in [5.41, 5.74) is 15.9. The fraction of sp³-hybridized carbons (Fsp3) is 0.0189. The lowest BCUT2D eigenvalue weighted by Gasteiger charge is -2.40. The van der Waals surface area contributed by atoms with Gasteiger partial charge in [0.2, 0.25) is 0 Å². The molecule has 0 atom stereocenters. The lowest BCUT2D eigenvalue weighted by Crippen LogP contribution is -2.32. The van der Waals surface area contributed by atoms with E-state index in [1.807, 2.05) is 6.07 Å². The third-order valence-corrected chi connectivity index (χ3v) is 11.4. The summed E-state index contributed by atoms with van der Waals surface area (Å²) in [4.78, 5) is 10.5. The minimum absolute atomic E-state index is 0.529. The molecular formula is C53H34N2O. The number of nitrogens with zero attached hydrogens (tertiary/aromatic N) is 2. The third kappa shape index (κ3) is 4.91. The van der Waals surface area contributed by atoms with Crippen LogP contribution in [0.3, 0.4) is 0 Å². The highest BCUT2D eigenvalue weighted by Crippen LogP contribution is 2.63. The van der Waals surface area contributed by atoms with Crippen LogP contribution in [0.25, 0.3) is 67.3 Å². The molecule has 0 amide bonds. The molecule has 8 aromatic carbocycles. The highest BCUT2D eigenvalue weighted by atomic mass is 16.5. The lowest BCUT2D eigenvalue weighted by molar-refractivity contribution is 0.438. The average molecular weight is 715 g/mol. The van der Waals surface area contributed by atoms with Gasteiger partial charge in [-0.1, -0.05) is 188 Å². The summed E-state index contributed by atoms with van der Waals surface area (Å²) in [6.07, 6.45) is 0. The number of rotatable bonds is 5. The number of aromatic nitrogens is 2. The van der Waals surface area contributed by atoms with E-state index in [0.29, 0.717) is 5.82 Å². The van der Waals surface area contributed by atoms with Gasteiger partial charge < -0.3 is 4.74 Å². The van der Waals surface area contributed by atoms with Crippen LogP contribution in [-0.4, -0.2) is 9.97 Å². The van der Waals surface area contributed by atoms with Gasteiger partial charge in [0.15, 0.2) is 5.82 Å². The van der Waals surface area contributed by atoms with Gasteiger partial charge in [0.25, 0.3) is 0 Å². The molecule has 9 aromatic rings. The Balaban J connectivity index is 1.10. The third-order valence-electron chi connectivity index (χ3n) is 11.4. The molecule has 0 unspecified atom stereocenters. The van der Waals surface area contributed by atoms with Crippen LogP contribution >= 0.6 is 0 Å². The maximum atomic E-state index is 7.00. The summed E-state index contributed by atoms with van der Waals surface area (Å²) < 4.78 is 7.00. The van der Waals surface area contributed by atoms with Crippen LogP contribution in [0.4, 0.5) is 0 Å². The van der Waals surface area contributed by atoms with Crippen molar-refractivity contribution >= 4 is 0 Å². The Hall–Kier alpha value is -7.36. The summed E-state index contributed by atoms with van der Waals surface area (Å²) in [6, 6.07) is 72.9. The molecule has 56 heavy (non-hydrogen) atoms. The van der Waals surface area contributed by atoms with E-state index in [-0.39, 0.29) is 0 Å². The predicted octanol–water partition coefficient (Wildman–Crippen LogP) is 13.3. The monoisotopic (exact) mass is 714 g/mol. The number of hydrogen-bond donors (Lipinski definition) is 0. The lowest BCUT2D eigenvalue weighted by atomic mass is 9.65. The maximum absolute atomic E-state index is 7.00. The van der Waals surface area contributed by atoms with E-state index in [1.54, 1.807) is 0 Å². The number of para-hydroxylation sites is 2. The van der Waals surface area contributed by atoms with E-state index < -0.39 is 5.41 Å². The molecule has 1 spiro atoms. The van der Waals surface area contributed by atoms with Crippen LogP contribution in [0.2, 0.25) is 0 Å². The molecule has 0 fully saturated rings. The van der Waals surface area contributed by atoms with Gasteiger partial charge in [-0.15, -0.1) is 0 Å². The van der Waals surface area contributed by atoms with Crippen LogP contribution in [0, 0.1) is 0 Å². The largest absolute Gasteiger partial charge is 0.456 e. The zero-order chi connectivity index (χ0) is 37.1. The molecule has 0 saturated carbocycles. The van der Waals surface area contributed by atoms with Crippen molar-refractivity contribution in [2.24, 2.45) is 0 Å². The molecule has 0 bridgehead atoms. The summed E-state index contributed by atoms with van der Waals surface area (Å²) in [6.45, 7) is 0. The minimum Gasteiger partial charge on any atom is -0.456 e. The van der Waals surface area contributed by atoms with Gasteiger partial charge in [-0.2, -0.15) is 0 Å². The second-order valence-corrected chi connectivity index (χ2v) is 14.4. The normalized spacial score (nSPS) is 12.9. The first kappa shape index (κ1) is 32.1. The first-order chi connectivity index (χ1) is 27.8. The molecule has 0 N–H and O–H groups in total. The van der Waals surface area contributed by atoms with Crippen molar-refractivity contribution in [2.75, 3.05) is 0 Å². The molecule has 0 saturated heterocycles. The smallest absolute Gasteiger partial charge is 0.160 e. The van der Waals surface area contributed by atoms with Crippen LogP contribution in [0.5, 0.6) is 11.5 Å². The van der Waals surface area contributed by atoms with Crippen molar-refractivity contribution in [1.82, 2.24) is 9.97 Å². The summed E-state index contributed by atoms with van der Waals surface area (Å²) in [7, 11) is 0. The number of ether oxygens (including phenoxy) is 1. The number of hydrogen-bond acceptors (Lipinski definition) is 3. The van der Waals surface area contributed by atoms with E-state index >= 15 is 0 Å². The average Bonchev–Trinajstić information content (AvgIpc) is 3.57. The molecule has 1 aliphatic heterocycles. The zero-order valence-electron chi connectivity index (χ0n) is 30.4. The van der Waals surface area contributed by atoms with E-state index in [9.17, 15) is 0 Å². The van der Waals surface area contributed by atoms with Crippen LogP contribution in [0.15, 0.2) is 206 Å². The Morgan fingerprint density at radius 2 is 0.821 bits per heavy atom. The molecule has 2 aliphatic rings. The maximum Gasteiger partial charge on any atom is 0.160 e. The Bertz CT molecular complexity index is 2910. The molecule has 1 aromatic heterocycles. The standard InChI is InChI=1S/C53H34N2O/c1-3-17-35(18-4-1)39-23-7-8-26-43(39)49-34-48(36-19-5-2-6-20-36)54-52(55-49)38-22-15-21-37(33-38)40-27-16-31-47-51(40)56-50-32-14-13-30-46(50)53(47)44-28-11-9-24-41(44)42-25-10-12-29-45(42)53/h1-34H. The second kappa shape index (κ2) is 12.9. The van der Waals surface area contributed by atoms with Crippen LogP contribution in [0.1, 0.15) is 22.3 Å². The van der Waals surface area contributed by atoms with E-state index in [0.717, 1.165) is 73.0 Å². The van der Waals surface area contributed by atoms with Gasteiger partial charge in [0, 0.05) is 33.4 Å². The molecule has 2 heterocycles. The van der Waals surface area contributed by atoms with Crippen molar-refractivity contribution < 1.29 is 4.74 Å². The van der Waals surface area contributed by atoms with Crippen molar-refractivity contribution in [3.63, 3.8) is 0 Å². The Morgan fingerprint density at radius 3 is 1.55 bits per heavy atom. The van der Waals surface area contributed by atoms with Gasteiger partial charge in [-0.05, 0) is 57.1 Å². The van der Waals surface area contributed by atoms with Gasteiger partial charge >= 0.3 is 0 Å². The summed E-state index contributed by atoms with van der Waals surface area (Å²) in [5.74, 6) is 2.40. The van der Waals surface area contributed by atoms with Crippen LogP contribution < -0.4 is 4.74 Å². The van der Waals surface area contributed by atoms with E-state index in [4.69, 9.17) is 14.7 Å². The van der Waals surface area contributed by atoms with E-state index in [2.05, 4.69) is 200 Å². The van der Waals surface area contributed by atoms with Crippen molar-refractivity contribution in [1.29, 1.82) is 0 Å². The fourth-order valence-electron chi connectivity index (χ4n) is 8.98. The first-order valence-corrected chi connectivity index (χ1v) is 19.1. The Labute approximate surface area is 326 Å². The molecule has 3 heteroatoms. The highest BCUT2D eigenvalue weighted by Gasteiger charge is 2.51. The summed E-state index contributed by atoms with van der Waals surface area (Å²) in [5, 5.41) is 0. The van der Waals surface area contributed by atoms with Gasteiger partial charge in [-0.25, -0.2) is 9.97 Å². The van der Waals surface area contributed by atoms with Gasteiger partial charge in [0.1, 0.15) is 11.5 Å². The Kier molecular flexibility index (Phi) is 7.39. The van der Waals surface area contributed by atoms with E-state index in [1.165, 1.54) is 22.3 Å². The Morgan fingerprint density at radius 1 is 0.321 bits per heavy atom. The number of benzene rings is 8. The molecule has 3 nitrogen and oxygen atoms in total. The molecule has 0 radical (unpaired) electrons. The fourth-order valence-corrected chi connectivity index (χ4v) is 8.98. The minimum atomic E-state index is -0.529. The van der Waals surface area contributed by atoms with Crippen LogP contribution in [-0.2, 0) is 5.41 Å². The molecular weight excluding hydrogens is 681 g/mol.